The van der Waals surface area contributed by atoms with E-state index in [1.54, 1.807) is 0 Å². The summed E-state index contributed by atoms with van der Waals surface area (Å²) in [6, 6.07) is -1.28. The fourth-order valence-electron chi connectivity index (χ4n) is 1.67. The van der Waals surface area contributed by atoms with Gasteiger partial charge in [-0.05, 0) is 20.8 Å². The molecule has 0 aliphatic carbocycles. The molecule has 0 saturated carbocycles. The average Bonchev–Trinajstić information content (AvgIpc) is 2.29. The van der Waals surface area contributed by atoms with Crippen molar-refractivity contribution >= 4 is 23.3 Å². The van der Waals surface area contributed by atoms with E-state index in [4.69, 9.17) is 5.11 Å². The van der Waals surface area contributed by atoms with Crippen molar-refractivity contribution in [3.05, 3.63) is 0 Å². The van der Waals surface area contributed by atoms with E-state index in [1.807, 2.05) is 0 Å². The summed E-state index contributed by atoms with van der Waals surface area (Å²) in [6.07, 6.45) is -0.153. The second kappa shape index (κ2) is 9.33. The van der Waals surface area contributed by atoms with Crippen LogP contribution in [0, 0.1) is 0 Å². The zero-order chi connectivity index (χ0) is 15.7. The summed E-state index contributed by atoms with van der Waals surface area (Å²) in [5.41, 5.74) is 0. The summed E-state index contributed by atoms with van der Waals surface area (Å²) in [6.45, 7) is 4.83. The molecule has 7 heteroatoms. The maximum Gasteiger partial charge on any atom is 0.305 e. The molecule has 114 valence electrons. The molecule has 0 fully saturated rings. The van der Waals surface area contributed by atoms with Gasteiger partial charge in [0.2, 0.25) is 0 Å². The van der Waals surface area contributed by atoms with Crippen LogP contribution in [-0.2, 0) is 19.2 Å². The Morgan fingerprint density at radius 2 is 1.25 bits per heavy atom. The van der Waals surface area contributed by atoms with E-state index in [-0.39, 0.29) is 30.2 Å². The molecule has 2 unspecified atom stereocenters. The summed E-state index contributed by atoms with van der Waals surface area (Å²) in [7, 11) is 0. The first kappa shape index (κ1) is 18.4. The monoisotopic (exact) mass is 286 g/mol. The molecule has 0 radical (unpaired) electrons. The van der Waals surface area contributed by atoms with E-state index < -0.39 is 18.1 Å². The SMILES string of the molecule is CC(=O)CC(NCCNC(CC(=O)O)C(C)=O)C(C)=O. The van der Waals surface area contributed by atoms with E-state index in [1.165, 1.54) is 20.8 Å². The third-order valence-electron chi connectivity index (χ3n) is 2.76. The van der Waals surface area contributed by atoms with E-state index >= 15 is 0 Å². The maximum atomic E-state index is 11.3. The lowest BCUT2D eigenvalue weighted by atomic mass is 10.1. The summed E-state index contributed by atoms with van der Waals surface area (Å²) in [5, 5.41) is 14.4. The van der Waals surface area contributed by atoms with Crippen LogP contribution in [-0.4, -0.2) is 53.6 Å². The van der Waals surface area contributed by atoms with Gasteiger partial charge in [0, 0.05) is 19.5 Å². The van der Waals surface area contributed by atoms with E-state index in [2.05, 4.69) is 10.6 Å². The smallest absolute Gasteiger partial charge is 0.305 e. The number of carbonyl (C=O) groups excluding carboxylic acids is 3. The first-order valence-corrected chi connectivity index (χ1v) is 6.43. The Hall–Kier alpha value is -1.60. The molecule has 20 heavy (non-hydrogen) atoms. The number of hydrogen-bond donors (Lipinski definition) is 3. The molecule has 0 bridgehead atoms. The van der Waals surface area contributed by atoms with Gasteiger partial charge in [0.05, 0.1) is 18.5 Å². The quantitative estimate of drug-likeness (QED) is 0.440. The lowest BCUT2D eigenvalue weighted by molar-refractivity contribution is -0.139. The first-order chi connectivity index (χ1) is 9.23. The number of carboxylic acid groups (broad SMARTS) is 1. The van der Waals surface area contributed by atoms with Crippen LogP contribution in [0.15, 0.2) is 0 Å². The van der Waals surface area contributed by atoms with Gasteiger partial charge in [-0.1, -0.05) is 0 Å². The van der Waals surface area contributed by atoms with Crippen molar-refractivity contribution in [2.75, 3.05) is 13.1 Å². The van der Waals surface area contributed by atoms with Gasteiger partial charge >= 0.3 is 5.97 Å². The van der Waals surface area contributed by atoms with Crippen LogP contribution in [0.4, 0.5) is 0 Å². The highest BCUT2D eigenvalue weighted by Gasteiger charge is 2.18. The lowest BCUT2D eigenvalue weighted by Gasteiger charge is -2.17. The molecule has 3 N–H and O–H groups in total. The minimum atomic E-state index is -1.05. The zero-order valence-electron chi connectivity index (χ0n) is 12.1. The highest BCUT2D eigenvalue weighted by molar-refractivity contribution is 5.88. The third-order valence-corrected chi connectivity index (χ3v) is 2.76. The Balaban J connectivity index is 4.13. The van der Waals surface area contributed by atoms with Crippen molar-refractivity contribution in [2.24, 2.45) is 0 Å². The predicted molar refractivity (Wildman–Crippen MR) is 72.5 cm³/mol. The van der Waals surface area contributed by atoms with Crippen molar-refractivity contribution < 1.29 is 24.3 Å². The number of rotatable bonds is 11. The van der Waals surface area contributed by atoms with Gasteiger partial charge < -0.3 is 15.7 Å². The summed E-state index contributed by atoms with van der Waals surface area (Å²) >= 11 is 0. The van der Waals surface area contributed by atoms with Crippen molar-refractivity contribution in [1.82, 2.24) is 10.6 Å². The van der Waals surface area contributed by atoms with E-state index in [9.17, 15) is 19.2 Å². The molecule has 0 aromatic rings. The minimum Gasteiger partial charge on any atom is -0.481 e. The zero-order valence-corrected chi connectivity index (χ0v) is 12.1. The van der Waals surface area contributed by atoms with Crippen LogP contribution < -0.4 is 10.6 Å². The second-order valence-corrected chi connectivity index (χ2v) is 4.74. The molecule has 0 aliphatic rings. The fourth-order valence-corrected chi connectivity index (χ4v) is 1.67. The van der Waals surface area contributed by atoms with Crippen LogP contribution >= 0.6 is 0 Å². The number of aliphatic carboxylic acids is 1. The highest BCUT2D eigenvalue weighted by atomic mass is 16.4. The molecule has 0 aliphatic heterocycles. The van der Waals surface area contributed by atoms with Gasteiger partial charge in [-0.2, -0.15) is 0 Å². The number of nitrogens with one attached hydrogen (secondary N) is 2. The van der Waals surface area contributed by atoms with Crippen LogP contribution in [0.2, 0.25) is 0 Å². The van der Waals surface area contributed by atoms with E-state index in [0.717, 1.165) is 0 Å². The summed E-state index contributed by atoms with van der Waals surface area (Å²) in [4.78, 5) is 44.1. The van der Waals surface area contributed by atoms with Gasteiger partial charge in [-0.25, -0.2) is 0 Å². The van der Waals surface area contributed by atoms with Gasteiger partial charge in [-0.3, -0.25) is 19.2 Å². The van der Waals surface area contributed by atoms with Crippen molar-refractivity contribution in [3.8, 4) is 0 Å². The Morgan fingerprint density at radius 1 is 0.850 bits per heavy atom. The van der Waals surface area contributed by atoms with Gasteiger partial charge in [0.1, 0.15) is 17.3 Å². The molecular weight excluding hydrogens is 264 g/mol. The van der Waals surface area contributed by atoms with Crippen molar-refractivity contribution in [2.45, 2.75) is 45.7 Å². The molecule has 0 amide bonds. The normalized spacial score (nSPS) is 13.6. The number of Topliss-reactive ketones (excluding diaryl/α,β-unsaturated/α-hetero) is 3. The van der Waals surface area contributed by atoms with Crippen LogP contribution in [0.5, 0.6) is 0 Å². The van der Waals surface area contributed by atoms with Gasteiger partial charge in [0.15, 0.2) is 0 Å². The van der Waals surface area contributed by atoms with Crippen LogP contribution in [0.1, 0.15) is 33.6 Å². The summed E-state index contributed by atoms with van der Waals surface area (Å²) in [5.74, 6) is -1.52. The molecular formula is C13H22N2O5. The summed E-state index contributed by atoms with van der Waals surface area (Å²) < 4.78 is 0. The second-order valence-electron chi connectivity index (χ2n) is 4.74. The van der Waals surface area contributed by atoms with Crippen molar-refractivity contribution in [3.63, 3.8) is 0 Å². The lowest BCUT2D eigenvalue weighted by Crippen LogP contribution is -2.44. The highest BCUT2D eigenvalue weighted by Crippen LogP contribution is 1.96. The molecule has 0 heterocycles. The van der Waals surface area contributed by atoms with Crippen LogP contribution in [0.3, 0.4) is 0 Å². The third kappa shape index (κ3) is 8.49. The van der Waals surface area contributed by atoms with E-state index in [0.29, 0.717) is 13.1 Å². The number of carbonyl (C=O) groups is 4. The molecule has 7 nitrogen and oxygen atoms in total. The fraction of sp³-hybridized carbons (Fsp3) is 0.692. The average molecular weight is 286 g/mol. The Morgan fingerprint density at radius 3 is 1.55 bits per heavy atom. The molecule has 2 atom stereocenters. The van der Waals surface area contributed by atoms with Gasteiger partial charge in [0.25, 0.3) is 0 Å². The largest absolute Gasteiger partial charge is 0.481 e. The maximum absolute atomic E-state index is 11.3. The number of hydrogen-bond acceptors (Lipinski definition) is 6. The van der Waals surface area contributed by atoms with Crippen molar-refractivity contribution in [1.29, 1.82) is 0 Å². The molecule has 0 saturated heterocycles. The Bertz CT molecular complexity index is 345. The topological polar surface area (TPSA) is 113 Å². The first-order valence-electron chi connectivity index (χ1n) is 6.43. The predicted octanol–water partition coefficient (Wildman–Crippen LogP) is -0.465. The van der Waals surface area contributed by atoms with Crippen LogP contribution in [0.25, 0.3) is 0 Å². The molecule has 0 aromatic heterocycles. The standard InChI is InChI=1S/C13H22N2O5/c1-8(16)6-11(9(2)17)14-4-5-15-12(10(3)18)7-13(19)20/h11-12,14-15H,4-7H2,1-3H3,(H,19,20). The Labute approximate surface area is 118 Å². The molecule has 0 aromatic carbocycles. The molecule has 0 rings (SSSR count). The number of carboxylic acids is 1. The van der Waals surface area contributed by atoms with Gasteiger partial charge in [-0.15, -0.1) is 0 Å². The number of ketones is 3. The Kier molecular flexibility index (Phi) is 8.58. The molecule has 0 spiro atoms. The minimum absolute atomic E-state index is 0.0850.